The maximum absolute atomic E-state index is 13.5. The minimum Gasteiger partial charge on any atom is -0.334 e. The van der Waals surface area contributed by atoms with Gasteiger partial charge in [0.2, 0.25) is 5.16 Å². The van der Waals surface area contributed by atoms with Crippen molar-refractivity contribution in [1.82, 2.24) is 44.9 Å². The van der Waals surface area contributed by atoms with Crippen molar-refractivity contribution in [2.45, 2.75) is 30.9 Å². The van der Waals surface area contributed by atoms with Gasteiger partial charge < -0.3 is 5.84 Å². The number of aromatic nitrogens is 9. The van der Waals surface area contributed by atoms with Gasteiger partial charge in [0, 0.05) is 10.7 Å². The predicted molar refractivity (Wildman–Crippen MR) is 105 cm³/mol. The van der Waals surface area contributed by atoms with Crippen LogP contribution in [0.25, 0.3) is 11.6 Å². The summed E-state index contributed by atoms with van der Waals surface area (Å²) in [5.74, 6) is 6.63. The Morgan fingerprint density at radius 2 is 1.87 bits per heavy atom. The maximum atomic E-state index is 13.5. The molecule has 4 rings (SSSR count). The number of tetrazole rings is 1. The third-order valence-corrected chi connectivity index (χ3v) is 5.38. The SMILES string of the molecule is Cc1cc(C)n(-c2nnc(SCc3nnnn3-c3ccc(Cl)cc3C(F)(F)F)n2N)n1. The van der Waals surface area contributed by atoms with Crippen LogP contribution in [0.3, 0.4) is 0 Å². The van der Waals surface area contributed by atoms with Crippen LogP contribution in [0.2, 0.25) is 5.02 Å². The third-order valence-electron chi connectivity index (χ3n) is 4.20. The molecule has 1 aromatic carbocycles. The van der Waals surface area contributed by atoms with Gasteiger partial charge in [-0.3, -0.25) is 0 Å². The number of thioether (sulfide) groups is 1. The number of nitrogens with zero attached hydrogens (tertiary/aromatic N) is 9. The zero-order valence-corrected chi connectivity index (χ0v) is 17.6. The van der Waals surface area contributed by atoms with Crippen LogP contribution in [0.1, 0.15) is 22.8 Å². The minimum atomic E-state index is -4.64. The van der Waals surface area contributed by atoms with Gasteiger partial charge in [0.15, 0.2) is 5.82 Å². The molecule has 0 saturated heterocycles. The summed E-state index contributed by atoms with van der Waals surface area (Å²) in [6.45, 7) is 3.68. The van der Waals surface area contributed by atoms with E-state index in [-0.39, 0.29) is 22.3 Å². The Balaban J connectivity index is 1.61. The Hall–Kier alpha value is -3.13. The zero-order chi connectivity index (χ0) is 22.3. The van der Waals surface area contributed by atoms with E-state index in [2.05, 4.69) is 30.8 Å². The second kappa shape index (κ2) is 7.85. The van der Waals surface area contributed by atoms with E-state index in [0.717, 1.165) is 33.9 Å². The van der Waals surface area contributed by atoms with Crippen LogP contribution < -0.4 is 5.84 Å². The monoisotopic (exact) mass is 470 g/mol. The molecule has 15 heteroatoms. The fourth-order valence-corrected chi connectivity index (χ4v) is 3.81. The molecule has 31 heavy (non-hydrogen) atoms. The molecular weight excluding hydrogens is 457 g/mol. The number of nitrogens with two attached hydrogens (primary N) is 1. The largest absolute Gasteiger partial charge is 0.418 e. The van der Waals surface area contributed by atoms with Crippen molar-refractivity contribution in [2.24, 2.45) is 0 Å². The van der Waals surface area contributed by atoms with Crippen LogP contribution in [0.4, 0.5) is 13.2 Å². The first-order chi connectivity index (χ1) is 14.6. The van der Waals surface area contributed by atoms with Crippen LogP contribution in [0.15, 0.2) is 29.4 Å². The number of rotatable bonds is 5. The first-order valence-electron chi connectivity index (χ1n) is 8.66. The molecule has 10 nitrogen and oxygen atoms in total. The lowest BCUT2D eigenvalue weighted by atomic mass is 10.1. The lowest BCUT2D eigenvalue weighted by molar-refractivity contribution is -0.137. The molecule has 0 radical (unpaired) electrons. The van der Waals surface area contributed by atoms with Crippen LogP contribution in [-0.2, 0) is 11.9 Å². The van der Waals surface area contributed by atoms with Crippen molar-refractivity contribution in [1.29, 1.82) is 0 Å². The Bertz CT molecular complexity index is 1240. The van der Waals surface area contributed by atoms with E-state index in [1.807, 2.05) is 19.9 Å². The van der Waals surface area contributed by atoms with E-state index in [4.69, 9.17) is 17.4 Å². The molecule has 0 unspecified atom stereocenters. The first kappa shape index (κ1) is 21.1. The lowest BCUT2D eigenvalue weighted by Crippen LogP contribution is -2.17. The average molecular weight is 471 g/mol. The Labute approximate surface area is 182 Å². The van der Waals surface area contributed by atoms with Gasteiger partial charge in [-0.25, -0.2) is 9.36 Å². The molecule has 0 aliphatic carbocycles. The van der Waals surface area contributed by atoms with E-state index in [9.17, 15) is 13.2 Å². The summed E-state index contributed by atoms with van der Waals surface area (Å²) < 4.78 is 44.2. The second-order valence-corrected chi connectivity index (χ2v) is 7.83. The highest BCUT2D eigenvalue weighted by Gasteiger charge is 2.35. The van der Waals surface area contributed by atoms with Crippen LogP contribution in [-0.4, -0.2) is 44.9 Å². The second-order valence-electron chi connectivity index (χ2n) is 6.45. The summed E-state index contributed by atoms with van der Waals surface area (Å²) >= 11 is 6.85. The van der Waals surface area contributed by atoms with Crippen molar-refractivity contribution in [2.75, 3.05) is 5.84 Å². The van der Waals surface area contributed by atoms with E-state index in [1.165, 1.54) is 16.8 Å². The van der Waals surface area contributed by atoms with Crippen molar-refractivity contribution >= 4 is 23.4 Å². The van der Waals surface area contributed by atoms with Gasteiger partial charge in [0.1, 0.15) is 0 Å². The van der Waals surface area contributed by atoms with Crippen LogP contribution in [0.5, 0.6) is 0 Å². The fourth-order valence-electron chi connectivity index (χ4n) is 2.88. The highest BCUT2D eigenvalue weighted by atomic mass is 35.5. The van der Waals surface area contributed by atoms with E-state index in [0.29, 0.717) is 11.1 Å². The topological polar surface area (TPSA) is 118 Å². The van der Waals surface area contributed by atoms with E-state index in [1.54, 1.807) is 4.68 Å². The molecular formula is C16H14ClF3N10S. The summed E-state index contributed by atoms with van der Waals surface area (Å²) in [4.78, 5) is 0. The average Bonchev–Trinajstić information content (AvgIpc) is 3.38. The number of nitrogen functional groups attached to an aromatic ring is 1. The Kier molecular flexibility index (Phi) is 5.35. The number of hydrogen-bond acceptors (Lipinski definition) is 8. The normalized spacial score (nSPS) is 11.9. The molecule has 3 aromatic heterocycles. The summed E-state index contributed by atoms with van der Waals surface area (Å²) in [6.07, 6.45) is -4.64. The molecule has 2 N–H and O–H groups in total. The lowest BCUT2D eigenvalue weighted by Gasteiger charge is -2.13. The predicted octanol–water partition coefficient (Wildman–Crippen LogP) is 2.73. The van der Waals surface area contributed by atoms with Crippen molar-refractivity contribution in [3.8, 4) is 11.6 Å². The molecule has 0 aliphatic rings. The number of halogens is 4. The van der Waals surface area contributed by atoms with E-state index < -0.39 is 11.7 Å². The molecule has 0 amide bonds. The molecule has 0 bridgehead atoms. The molecule has 162 valence electrons. The summed E-state index contributed by atoms with van der Waals surface area (Å²) in [5.41, 5.74) is 0.416. The van der Waals surface area contributed by atoms with Gasteiger partial charge in [0.05, 0.1) is 22.7 Å². The van der Waals surface area contributed by atoms with Gasteiger partial charge in [-0.1, -0.05) is 23.4 Å². The van der Waals surface area contributed by atoms with Gasteiger partial charge in [-0.2, -0.15) is 23.0 Å². The zero-order valence-electron chi connectivity index (χ0n) is 16.0. The summed E-state index contributed by atoms with van der Waals surface area (Å²) in [7, 11) is 0. The van der Waals surface area contributed by atoms with Crippen molar-refractivity contribution < 1.29 is 13.2 Å². The molecule has 3 heterocycles. The number of alkyl halides is 3. The van der Waals surface area contributed by atoms with Gasteiger partial charge in [0.25, 0.3) is 5.95 Å². The Morgan fingerprint density at radius 1 is 1.10 bits per heavy atom. The van der Waals surface area contributed by atoms with Gasteiger partial charge >= 0.3 is 6.18 Å². The number of benzene rings is 1. The number of hydrogen-bond donors (Lipinski definition) is 1. The first-order valence-corrected chi connectivity index (χ1v) is 10.0. The molecule has 0 spiro atoms. The van der Waals surface area contributed by atoms with Crippen LogP contribution in [0, 0.1) is 13.8 Å². The Morgan fingerprint density at radius 3 is 2.55 bits per heavy atom. The molecule has 0 saturated carbocycles. The summed E-state index contributed by atoms with van der Waals surface area (Å²) in [6, 6.07) is 5.23. The number of aryl methyl sites for hydroxylation is 2. The van der Waals surface area contributed by atoms with Gasteiger partial charge in [-0.15, -0.1) is 15.3 Å². The van der Waals surface area contributed by atoms with Crippen molar-refractivity contribution in [3.05, 3.63) is 52.1 Å². The van der Waals surface area contributed by atoms with Gasteiger partial charge in [-0.05, 0) is 48.5 Å². The standard InChI is InChI=1S/C16H14ClF3N10S/c1-8-5-9(2)29(25-8)14-23-24-15(28(14)21)31-7-13-22-26-27-30(13)12-4-3-10(17)6-11(12)16(18,19)20/h3-6H,7,21H2,1-2H3. The molecule has 0 aliphatic heterocycles. The van der Waals surface area contributed by atoms with E-state index >= 15 is 0 Å². The molecule has 0 atom stereocenters. The molecule has 0 fully saturated rings. The van der Waals surface area contributed by atoms with Crippen LogP contribution >= 0.6 is 23.4 Å². The summed E-state index contributed by atoms with van der Waals surface area (Å²) in [5, 5.41) is 23.7. The smallest absolute Gasteiger partial charge is 0.334 e. The molecule has 4 aromatic rings. The fraction of sp³-hybridized carbons (Fsp3) is 0.250. The minimum absolute atomic E-state index is 0.0482. The third kappa shape index (κ3) is 4.07. The van der Waals surface area contributed by atoms with Crippen molar-refractivity contribution in [3.63, 3.8) is 0 Å². The highest BCUT2D eigenvalue weighted by molar-refractivity contribution is 7.98. The maximum Gasteiger partial charge on any atom is 0.418 e. The highest BCUT2D eigenvalue weighted by Crippen LogP contribution is 2.36. The quantitative estimate of drug-likeness (QED) is 0.349.